The maximum Gasteiger partial charge on any atom is 0.260 e. The van der Waals surface area contributed by atoms with Gasteiger partial charge in [-0.3, -0.25) is 4.79 Å². The summed E-state index contributed by atoms with van der Waals surface area (Å²) in [4.78, 5) is 13.1. The number of likely N-dealkylation sites (tertiary alicyclic amines) is 1. The van der Waals surface area contributed by atoms with Crippen molar-refractivity contribution < 1.29 is 13.9 Å². The Morgan fingerprint density at radius 2 is 2.00 bits per heavy atom. The number of nitrogens with zero attached hydrogens (tertiary/aromatic N) is 1. The number of rotatable bonds is 3. The fraction of sp³-hybridized carbons (Fsp3) is 0.364. The van der Waals surface area contributed by atoms with Gasteiger partial charge in [0.1, 0.15) is 11.6 Å². The molecule has 0 spiro atoms. The summed E-state index contributed by atoms with van der Waals surface area (Å²) in [6, 6.07) is 5.64. The third kappa shape index (κ3) is 2.46. The largest absolute Gasteiger partial charge is 0.484 e. The molecule has 1 aromatic rings. The molecule has 1 aromatic carbocycles. The average molecular weight is 209 g/mol. The van der Waals surface area contributed by atoms with Crippen LogP contribution in [-0.4, -0.2) is 30.5 Å². The highest BCUT2D eigenvalue weighted by molar-refractivity contribution is 5.78. The van der Waals surface area contributed by atoms with Crippen LogP contribution in [0.1, 0.15) is 6.42 Å². The molecular formula is C11H12FNO2. The topological polar surface area (TPSA) is 29.5 Å². The maximum absolute atomic E-state index is 12.5. The second-order valence-corrected chi connectivity index (χ2v) is 3.48. The van der Waals surface area contributed by atoms with Gasteiger partial charge in [-0.2, -0.15) is 0 Å². The molecule has 15 heavy (non-hydrogen) atoms. The number of hydrogen-bond acceptors (Lipinski definition) is 2. The van der Waals surface area contributed by atoms with E-state index in [2.05, 4.69) is 0 Å². The minimum Gasteiger partial charge on any atom is -0.484 e. The van der Waals surface area contributed by atoms with Crippen LogP contribution in [0.4, 0.5) is 4.39 Å². The Balaban J connectivity index is 1.82. The zero-order valence-electron chi connectivity index (χ0n) is 8.28. The van der Waals surface area contributed by atoms with Crippen LogP contribution in [0, 0.1) is 5.82 Å². The summed E-state index contributed by atoms with van der Waals surface area (Å²) in [5, 5.41) is 0. The van der Waals surface area contributed by atoms with E-state index in [1.54, 1.807) is 4.90 Å². The lowest BCUT2D eigenvalue weighted by Crippen LogP contribution is -2.44. The number of benzene rings is 1. The lowest BCUT2D eigenvalue weighted by atomic mass is 10.2. The van der Waals surface area contributed by atoms with Crippen molar-refractivity contribution in [3.05, 3.63) is 30.1 Å². The lowest BCUT2D eigenvalue weighted by Gasteiger charge is -2.30. The van der Waals surface area contributed by atoms with Crippen LogP contribution in [0.3, 0.4) is 0 Å². The Kier molecular flexibility index (Phi) is 2.85. The van der Waals surface area contributed by atoms with Gasteiger partial charge >= 0.3 is 0 Å². The summed E-state index contributed by atoms with van der Waals surface area (Å²) in [5.74, 6) is 0.201. The van der Waals surface area contributed by atoms with Crippen LogP contribution in [0.5, 0.6) is 5.75 Å². The molecule has 0 aliphatic carbocycles. The van der Waals surface area contributed by atoms with Gasteiger partial charge in [-0.15, -0.1) is 0 Å². The van der Waals surface area contributed by atoms with E-state index in [4.69, 9.17) is 4.74 Å². The lowest BCUT2D eigenvalue weighted by molar-refractivity contribution is -0.136. The van der Waals surface area contributed by atoms with Crippen molar-refractivity contribution in [2.24, 2.45) is 0 Å². The molecule has 0 aromatic heterocycles. The van der Waals surface area contributed by atoms with Gasteiger partial charge in [0.2, 0.25) is 0 Å². The highest BCUT2D eigenvalue weighted by Gasteiger charge is 2.20. The Bertz CT molecular complexity index is 346. The highest BCUT2D eigenvalue weighted by Crippen LogP contribution is 2.12. The van der Waals surface area contributed by atoms with Crippen LogP contribution >= 0.6 is 0 Å². The fourth-order valence-electron chi connectivity index (χ4n) is 1.33. The summed E-state index contributed by atoms with van der Waals surface area (Å²) >= 11 is 0. The van der Waals surface area contributed by atoms with E-state index in [1.807, 2.05) is 0 Å². The summed E-state index contributed by atoms with van der Waals surface area (Å²) in [5.41, 5.74) is 0. The average Bonchev–Trinajstić information content (AvgIpc) is 2.14. The molecule has 1 heterocycles. The van der Waals surface area contributed by atoms with Crippen molar-refractivity contribution >= 4 is 5.91 Å². The Morgan fingerprint density at radius 1 is 1.33 bits per heavy atom. The van der Waals surface area contributed by atoms with E-state index in [0.717, 1.165) is 19.5 Å². The van der Waals surface area contributed by atoms with Crippen LogP contribution in [0.15, 0.2) is 24.3 Å². The SMILES string of the molecule is O=C(COc1ccc(F)cc1)N1CCC1. The molecule has 1 aliphatic rings. The number of halogens is 1. The number of ether oxygens (including phenoxy) is 1. The monoisotopic (exact) mass is 209 g/mol. The summed E-state index contributed by atoms with van der Waals surface area (Å²) in [7, 11) is 0. The molecule has 1 fully saturated rings. The van der Waals surface area contributed by atoms with E-state index in [0.29, 0.717) is 5.75 Å². The second-order valence-electron chi connectivity index (χ2n) is 3.48. The molecule has 0 N–H and O–H groups in total. The van der Waals surface area contributed by atoms with Crippen molar-refractivity contribution in [2.45, 2.75) is 6.42 Å². The van der Waals surface area contributed by atoms with Gasteiger partial charge < -0.3 is 9.64 Å². The molecule has 2 rings (SSSR count). The van der Waals surface area contributed by atoms with Gasteiger partial charge in [0, 0.05) is 13.1 Å². The standard InChI is InChI=1S/C11H12FNO2/c12-9-2-4-10(5-3-9)15-8-11(14)13-6-1-7-13/h2-5H,1,6-8H2. The van der Waals surface area contributed by atoms with Crippen LogP contribution in [0.25, 0.3) is 0 Å². The Morgan fingerprint density at radius 3 is 2.53 bits per heavy atom. The summed E-state index contributed by atoms with van der Waals surface area (Å²) in [6.45, 7) is 1.68. The van der Waals surface area contributed by atoms with Crippen molar-refractivity contribution in [1.29, 1.82) is 0 Å². The zero-order chi connectivity index (χ0) is 10.7. The second kappa shape index (κ2) is 4.29. The van der Waals surface area contributed by atoms with Crippen LogP contribution < -0.4 is 4.74 Å². The highest BCUT2D eigenvalue weighted by atomic mass is 19.1. The molecule has 1 amide bonds. The molecule has 0 bridgehead atoms. The van der Waals surface area contributed by atoms with E-state index >= 15 is 0 Å². The summed E-state index contributed by atoms with van der Waals surface area (Å²) < 4.78 is 17.8. The molecule has 4 heteroatoms. The maximum atomic E-state index is 12.5. The fourth-order valence-corrected chi connectivity index (χ4v) is 1.33. The van der Waals surface area contributed by atoms with Gasteiger partial charge in [-0.05, 0) is 30.7 Å². The Hall–Kier alpha value is -1.58. The molecule has 80 valence electrons. The van der Waals surface area contributed by atoms with Gasteiger partial charge in [0.05, 0.1) is 0 Å². The predicted octanol–water partition coefficient (Wildman–Crippen LogP) is 1.44. The van der Waals surface area contributed by atoms with Gasteiger partial charge in [0.25, 0.3) is 5.91 Å². The minimum absolute atomic E-state index is 0.00873. The molecule has 3 nitrogen and oxygen atoms in total. The van der Waals surface area contributed by atoms with Crippen molar-refractivity contribution in [3.8, 4) is 5.75 Å². The molecule has 1 saturated heterocycles. The number of amides is 1. The first-order chi connectivity index (χ1) is 7.25. The first-order valence-electron chi connectivity index (χ1n) is 4.92. The first-order valence-corrected chi connectivity index (χ1v) is 4.92. The van der Waals surface area contributed by atoms with E-state index in [1.165, 1.54) is 24.3 Å². The number of carbonyl (C=O) groups is 1. The van der Waals surface area contributed by atoms with Crippen molar-refractivity contribution in [2.75, 3.05) is 19.7 Å². The molecule has 0 unspecified atom stereocenters. The van der Waals surface area contributed by atoms with Crippen LogP contribution in [-0.2, 0) is 4.79 Å². The molecular weight excluding hydrogens is 197 g/mol. The number of hydrogen-bond donors (Lipinski definition) is 0. The normalized spacial score (nSPS) is 14.6. The van der Waals surface area contributed by atoms with Gasteiger partial charge in [-0.1, -0.05) is 0 Å². The molecule has 0 saturated carbocycles. The van der Waals surface area contributed by atoms with E-state index < -0.39 is 0 Å². The minimum atomic E-state index is -0.309. The predicted molar refractivity (Wildman–Crippen MR) is 53.1 cm³/mol. The van der Waals surface area contributed by atoms with Crippen molar-refractivity contribution in [1.82, 2.24) is 4.90 Å². The zero-order valence-corrected chi connectivity index (χ0v) is 8.28. The number of carbonyl (C=O) groups excluding carboxylic acids is 1. The van der Waals surface area contributed by atoms with Crippen LogP contribution in [0.2, 0.25) is 0 Å². The Labute approximate surface area is 87.5 Å². The van der Waals surface area contributed by atoms with Crippen molar-refractivity contribution in [3.63, 3.8) is 0 Å². The third-order valence-corrected chi connectivity index (χ3v) is 2.38. The van der Waals surface area contributed by atoms with Gasteiger partial charge in [-0.25, -0.2) is 4.39 Å². The quantitative estimate of drug-likeness (QED) is 0.753. The first kappa shape index (κ1) is 9.96. The smallest absolute Gasteiger partial charge is 0.260 e. The molecule has 0 atom stereocenters. The molecule has 1 aliphatic heterocycles. The third-order valence-electron chi connectivity index (χ3n) is 2.38. The van der Waals surface area contributed by atoms with Gasteiger partial charge in [0.15, 0.2) is 6.61 Å². The molecule has 0 radical (unpaired) electrons. The summed E-state index contributed by atoms with van der Waals surface area (Å²) in [6.07, 6.45) is 1.07. The van der Waals surface area contributed by atoms with E-state index in [-0.39, 0.29) is 18.3 Å². The van der Waals surface area contributed by atoms with E-state index in [9.17, 15) is 9.18 Å².